The van der Waals surface area contributed by atoms with E-state index in [1.54, 1.807) is 7.11 Å². The summed E-state index contributed by atoms with van der Waals surface area (Å²) in [5, 5.41) is 2.85. The van der Waals surface area contributed by atoms with Gasteiger partial charge < -0.3 is 19.5 Å². The van der Waals surface area contributed by atoms with E-state index in [1.807, 2.05) is 37.3 Å². The van der Waals surface area contributed by atoms with E-state index in [1.165, 1.54) is 6.42 Å². The minimum atomic E-state index is -0.115. The standard InChI is InChI=1S/C25H29NO5/c1-16-8-10-20(18-9-11-21-19(14-18)15-26-24(21)27)23(22(16)29-2)30-12-13-31-25(28)17-6-4-3-5-7-17/h8-11,14,17H,3-7,12-13,15H2,1-2H3,(H,26,27). The number of benzene rings is 2. The Morgan fingerprint density at radius 3 is 2.58 bits per heavy atom. The van der Waals surface area contributed by atoms with Gasteiger partial charge in [0.1, 0.15) is 13.2 Å². The summed E-state index contributed by atoms with van der Waals surface area (Å²) in [5.74, 6) is 1.15. The van der Waals surface area contributed by atoms with Crippen molar-refractivity contribution in [2.24, 2.45) is 5.92 Å². The van der Waals surface area contributed by atoms with E-state index in [2.05, 4.69) is 5.32 Å². The van der Waals surface area contributed by atoms with Crippen LogP contribution < -0.4 is 14.8 Å². The van der Waals surface area contributed by atoms with E-state index in [0.29, 0.717) is 23.6 Å². The second-order valence-electron chi connectivity index (χ2n) is 8.20. The van der Waals surface area contributed by atoms with E-state index in [0.717, 1.165) is 47.9 Å². The predicted octanol–water partition coefficient (Wildman–Crippen LogP) is 4.42. The van der Waals surface area contributed by atoms with Crippen molar-refractivity contribution in [2.45, 2.75) is 45.6 Å². The number of hydrogen-bond acceptors (Lipinski definition) is 5. The maximum atomic E-state index is 12.3. The molecule has 31 heavy (non-hydrogen) atoms. The topological polar surface area (TPSA) is 73.9 Å². The molecule has 6 heteroatoms. The van der Waals surface area contributed by atoms with Crippen molar-refractivity contribution in [1.82, 2.24) is 5.32 Å². The summed E-state index contributed by atoms with van der Waals surface area (Å²) in [6, 6.07) is 9.75. The lowest BCUT2D eigenvalue weighted by atomic mass is 9.89. The third-order valence-electron chi connectivity index (χ3n) is 6.13. The van der Waals surface area contributed by atoms with Gasteiger partial charge in [0.05, 0.1) is 13.0 Å². The molecule has 0 spiro atoms. The third kappa shape index (κ3) is 4.53. The number of carbonyl (C=O) groups is 2. The molecular weight excluding hydrogens is 394 g/mol. The summed E-state index contributed by atoms with van der Waals surface area (Å²) in [5.41, 5.74) is 4.46. The number of methoxy groups -OCH3 is 1. The van der Waals surface area contributed by atoms with Crippen LogP contribution in [0.15, 0.2) is 30.3 Å². The SMILES string of the molecule is COc1c(C)ccc(-c2ccc3c(c2)CNC3=O)c1OCCOC(=O)C1CCCCC1. The van der Waals surface area contributed by atoms with E-state index < -0.39 is 0 Å². The zero-order chi connectivity index (χ0) is 21.8. The molecule has 1 amide bonds. The summed E-state index contributed by atoms with van der Waals surface area (Å²) in [6.07, 6.45) is 5.25. The van der Waals surface area contributed by atoms with Crippen LogP contribution in [0.3, 0.4) is 0 Å². The number of nitrogens with one attached hydrogen (secondary N) is 1. The average molecular weight is 424 g/mol. The molecule has 1 heterocycles. The van der Waals surface area contributed by atoms with Crippen molar-refractivity contribution >= 4 is 11.9 Å². The fourth-order valence-electron chi connectivity index (χ4n) is 4.43. The normalized spacial score (nSPS) is 15.9. The molecule has 4 rings (SSSR count). The van der Waals surface area contributed by atoms with Crippen molar-refractivity contribution in [3.63, 3.8) is 0 Å². The van der Waals surface area contributed by atoms with Crippen LogP contribution in [0.2, 0.25) is 0 Å². The summed E-state index contributed by atoms with van der Waals surface area (Å²) < 4.78 is 17.2. The fraction of sp³-hybridized carbons (Fsp3) is 0.440. The zero-order valence-electron chi connectivity index (χ0n) is 18.2. The number of rotatable bonds is 7. The van der Waals surface area contributed by atoms with Crippen LogP contribution in [0.1, 0.15) is 53.6 Å². The van der Waals surface area contributed by atoms with Crippen molar-refractivity contribution in [3.05, 3.63) is 47.0 Å². The minimum Gasteiger partial charge on any atom is -0.493 e. The smallest absolute Gasteiger partial charge is 0.309 e. The Morgan fingerprint density at radius 1 is 1.03 bits per heavy atom. The van der Waals surface area contributed by atoms with Crippen LogP contribution in [0.5, 0.6) is 11.5 Å². The number of fused-ring (bicyclic) bond motifs is 1. The first-order valence-corrected chi connectivity index (χ1v) is 11.0. The van der Waals surface area contributed by atoms with E-state index >= 15 is 0 Å². The zero-order valence-corrected chi connectivity index (χ0v) is 18.2. The van der Waals surface area contributed by atoms with Gasteiger partial charge in [-0.25, -0.2) is 0 Å². The van der Waals surface area contributed by atoms with Gasteiger partial charge in [0.15, 0.2) is 11.5 Å². The van der Waals surface area contributed by atoms with Crippen LogP contribution in [-0.4, -0.2) is 32.2 Å². The molecular formula is C25H29NO5. The summed E-state index contributed by atoms with van der Waals surface area (Å²) >= 11 is 0. The van der Waals surface area contributed by atoms with Gasteiger partial charge in [-0.3, -0.25) is 9.59 Å². The van der Waals surface area contributed by atoms with Crippen molar-refractivity contribution in [2.75, 3.05) is 20.3 Å². The molecule has 6 nitrogen and oxygen atoms in total. The molecule has 0 atom stereocenters. The second kappa shape index (κ2) is 9.41. The molecule has 1 N–H and O–H groups in total. The molecule has 0 saturated heterocycles. The molecule has 1 aliphatic carbocycles. The maximum absolute atomic E-state index is 12.3. The molecule has 1 aliphatic heterocycles. The Kier molecular flexibility index (Phi) is 6.44. The first-order valence-electron chi connectivity index (χ1n) is 11.0. The lowest BCUT2D eigenvalue weighted by Gasteiger charge is -2.20. The van der Waals surface area contributed by atoms with Crippen LogP contribution >= 0.6 is 0 Å². The lowest BCUT2D eigenvalue weighted by molar-refractivity contribution is -0.150. The molecule has 0 bridgehead atoms. The summed E-state index contributed by atoms with van der Waals surface area (Å²) in [6.45, 7) is 2.94. The Labute approximate surface area is 182 Å². The lowest BCUT2D eigenvalue weighted by Crippen LogP contribution is -2.22. The molecule has 0 aromatic heterocycles. The van der Waals surface area contributed by atoms with Gasteiger partial charge in [-0.1, -0.05) is 37.5 Å². The number of esters is 1. The average Bonchev–Trinajstić information content (AvgIpc) is 3.17. The Hall–Kier alpha value is -3.02. The van der Waals surface area contributed by atoms with Gasteiger partial charge in [0.2, 0.25) is 0 Å². The first kappa shape index (κ1) is 21.2. The van der Waals surface area contributed by atoms with E-state index in [9.17, 15) is 9.59 Å². The Balaban J connectivity index is 1.49. The molecule has 2 aliphatic rings. The van der Waals surface area contributed by atoms with Gasteiger partial charge in [0.25, 0.3) is 5.91 Å². The molecule has 2 aromatic rings. The van der Waals surface area contributed by atoms with Crippen molar-refractivity contribution in [1.29, 1.82) is 0 Å². The van der Waals surface area contributed by atoms with Crippen molar-refractivity contribution in [3.8, 4) is 22.6 Å². The highest BCUT2D eigenvalue weighted by Gasteiger charge is 2.23. The maximum Gasteiger partial charge on any atom is 0.309 e. The predicted molar refractivity (Wildman–Crippen MR) is 117 cm³/mol. The van der Waals surface area contributed by atoms with Gasteiger partial charge in [-0.15, -0.1) is 0 Å². The van der Waals surface area contributed by atoms with E-state index in [-0.39, 0.29) is 31.0 Å². The molecule has 0 unspecified atom stereocenters. The van der Waals surface area contributed by atoms with E-state index in [4.69, 9.17) is 14.2 Å². The van der Waals surface area contributed by atoms with Crippen molar-refractivity contribution < 1.29 is 23.8 Å². The van der Waals surface area contributed by atoms with Gasteiger partial charge >= 0.3 is 5.97 Å². The van der Waals surface area contributed by atoms with Gasteiger partial charge in [-0.05, 0) is 48.6 Å². The van der Waals surface area contributed by atoms with Crippen LogP contribution in [0.25, 0.3) is 11.1 Å². The number of amides is 1. The highest BCUT2D eigenvalue weighted by atomic mass is 16.6. The number of aryl methyl sites for hydroxylation is 1. The summed E-state index contributed by atoms with van der Waals surface area (Å²) in [7, 11) is 1.62. The van der Waals surface area contributed by atoms with Crippen LogP contribution in [-0.2, 0) is 16.1 Å². The monoisotopic (exact) mass is 423 g/mol. The quantitative estimate of drug-likeness (QED) is 0.527. The summed E-state index contributed by atoms with van der Waals surface area (Å²) in [4.78, 5) is 24.1. The number of carbonyl (C=O) groups excluding carboxylic acids is 2. The third-order valence-corrected chi connectivity index (χ3v) is 6.13. The number of hydrogen-bond donors (Lipinski definition) is 1. The first-order chi connectivity index (χ1) is 15.1. The van der Waals surface area contributed by atoms with Gasteiger partial charge in [0, 0.05) is 17.7 Å². The number of ether oxygens (including phenoxy) is 3. The molecule has 0 radical (unpaired) electrons. The van der Waals surface area contributed by atoms with Gasteiger partial charge in [-0.2, -0.15) is 0 Å². The highest BCUT2D eigenvalue weighted by Crippen LogP contribution is 2.41. The highest BCUT2D eigenvalue weighted by molar-refractivity contribution is 5.99. The molecule has 2 aromatic carbocycles. The molecule has 1 fully saturated rings. The largest absolute Gasteiger partial charge is 0.493 e. The fourth-order valence-corrected chi connectivity index (χ4v) is 4.43. The molecule has 164 valence electrons. The Bertz CT molecular complexity index is 978. The van der Waals surface area contributed by atoms with Crippen LogP contribution in [0.4, 0.5) is 0 Å². The Morgan fingerprint density at radius 2 is 1.81 bits per heavy atom. The molecule has 1 saturated carbocycles. The minimum absolute atomic E-state index is 0.0283. The van der Waals surface area contributed by atoms with Crippen LogP contribution in [0, 0.1) is 12.8 Å². The second-order valence-corrected chi connectivity index (χ2v) is 8.20.